The van der Waals surface area contributed by atoms with Gasteiger partial charge >= 0.3 is 18.2 Å². The molecule has 2 amide bonds. The van der Waals surface area contributed by atoms with E-state index >= 15 is 0 Å². The number of carbonyl (C=O) groups is 4. The Hall–Kier alpha value is -1.97. The first-order valence-corrected chi connectivity index (χ1v) is 9.32. The summed E-state index contributed by atoms with van der Waals surface area (Å²) >= 11 is 0.854. The number of ether oxygens (including phenoxy) is 3. The van der Waals surface area contributed by atoms with Crippen LogP contribution in [0.3, 0.4) is 0 Å². The third kappa shape index (κ3) is 6.60. The first kappa shape index (κ1) is 23.1. The predicted molar refractivity (Wildman–Crippen MR) is 98.9 cm³/mol. The third-order valence-corrected chi connectivity index (χ3v) is 4.21. The molecule has 1 rings (SSSR count). The highest BCUT2D eigenvalue weighted by atomic mass is 32.2. The monoisotopic (exact) mass is 404 g/mol. The van der Waals surface area contributed by atoms with Crippen molar-refractivity contribution in [1.29, 1.82) is 0 Å². The summed E-state index contributed by atoms with van der Waals surface area (Å²) in [4.78, 5) is 49.4. The van der Waals surface area contributed by atoms with Crippen LogP contribution in [0.1, 0.15) is 48.5 Å². The van der Waals surface area contributed by atoms with Crippen molar-refractivity contribution in [2.75, 3.05) is 13.7 Å². The molecule has 2 atom stereocenters. The van der Waals surface area contributed by atoms with Gasteiger partial charge in [-0.05, 0) is 41.5 Å². The highest BCUT2D eigenvalue weighted by Crippen LogP contribution is 2.32. The Morgan fingerprint density at radius 1 is 0.926 bits per heavy atom. The second-order valence-corrected chi connectivity index (χ2v) is 9.42. The fraction of sp³-hybridized carbons (Fsp3) is 0.765. The van der Waals surface area contributed by atoms with Crippen LogP contribution in [0.15, 0.2) is 0 Å². The van der Waals surface area contributed by atoms with Crippen molar-refractivity contribution >= 4 is 35.0 Å². The van der Waals surface area contributed by atoms with E-state index in [-0.39, 0.29) is 11.7 Å². The highest BCUT2D eigenvalue weighted by Gasteiger charge is 2.52. The van der Waals surface area contributed by atoms with Crippen LogP contribution in [0.4, 0.5) is 9.59 Å². The van der Waals surface area contributed by atoms with Crippen molar-refractivity contribution in [2.45, 2.75) is 71.0 Å². The number of nitrogens with zero attached hydrogens (tertiary/aromatic N) is 2. The molecule has 154 valence electrons. The van der Waals surface area contributed by atoms with E-state index in [9.17, 15) is 19.2 Å². The summed E-state index contributed by atoms with van der Waals surface area (Å²) < 4.78 is 15.5. The maximum absolute atomic E-state index is 12.8. The third-order valence-electron chi connectivity index (χ3n) is 3.17. The Morgan fingerprint density at radius 3 is 1.81 bits per heavy atom. The molecule has 1 saturated heterocycles. The lowest BCUT2D eigenvalue weighted by atomic mass is 10.2. The van der Waals surface area contributed by atoms with Gasteiger partial charge in [-0.25, -0.2) is 19.4 Å². The van der Waals surface area contributed by atoms with E-state index in [4.69, 9.17) is 14.2 Å². The van der Waals surface area contributed by atoms with Crippen molar-refractivity contribution in [3.05, 3.63) is 0 Å². The molecule has 0 saturated carbocycles. The smallest absolute Gasteiger partial charge is 0.430 e. The van der Waals surface area contributed by atoms with Gasteiger partial charge in [0.15, 0.2) is 11.2 Å². The van der Waals surface area contributed by atoms with Gasteiger partial charge in [0, 0.05) is 6.92 Å². The Morgan fingerprint density at radius 2 is 1.41 bits per heavy atom. The second-order valence-electron chi connectivity index (χ2n) is 8.00. The Balaban J connectivity index is 3.31. The normalized spacial score (nSPS) is 20.3. The zero-order valence-electron chi connectivity index (χ0n) is 17.0. The van der Waals surface area contributed by atoms with Gasteiger partial charge in [0.2, 0.25) is 0 Å². The van der Waals surface area contributed by atoms with Crippen LogP contribution in [0.25, 0.3) is 0 Å². The Labute approximate surface area is 163 Å². The van der Waals surface area contributed by atoms with E-state index in [1.54, 1.807) is 41.5 Å². The standard InChI is InChI=1S/C17H28N2O7S/c1-10(20)27-11-9-18(14(22)25-16(2,3)4)19(12(11)13(21)24-8)15(23)26-17(5,6)7/h11-12H,9H2,1-8H3. The summed E-state index contributed by atoms with van der Waals surface area (Å²) in [5, 5.41) is 0.895. The maximum Gasteiger partial charge on any atom is 0.430 e. The van der Waals surface area contributed by atoms with Crippen LogP contribution < -0.4 is 0 Å². The maximum atomic E-state index is 12.8. The molecular weight excluding hydrogens is 376 g/mol. The Bertz CT molecular complexity index is 609. The van der Waals surface area contributed by atoms with Gasteiger partial charge in [0.25, 0.3) is 0 Å². The summed E-state index contributed by atoms with van der Waals surface area (Å²) in [7, 11) is 1.17. The number of methoxy groups -OCH3 is 1. The van der Waals surface area contributed by atoms with E-state index in [2.05, 4.69) is 0 Å². The molecule has 9 nitrogen and oxygen atoms in total. The van der Waals surface area contributed by atoms with E-state index < -0.39 is 40.6 Å². The van der Waals surface area contributed by atoms with Crippen LogP contribution >= 0.6 is 11.8 Å². The molecule has 0 radical (unpaired) electrons. The molecule has 1 aliphatic heterocycles. The summed E-state index contributed by atoms with van der Waals surface area (Å²) in [6, 6.07) is -1.20. The zero-order valence-corrected chi connectivity index (χ0v) is 17.8. The molecule has 27 heavy (non-hydrogen) atoms. The minimum Gasteiger partial charge on any atom is -0.467 e. The van der Waals surface area contributed by atoms with Crippen LogP contribution in [0, 0.1) is 0 Å². The van der Waals surface area contributed by atoms with Gasteiger partial charge in [0.05, 0.1) is 18.9 Å². The van der Waals surface area contributed by atoms with Crippen LogP contribution in [0.5, 0.6) is 0 Å². The minimum atomic E-state index is -1.20. The first-order valence-electron chi connectivity index (χ1n) is 8.44. The van der Waals surface area contributed by atoms with Crippen LogP contribution in [0.2, 0.25) is 0 Å². The number of carbonyl (C=O) groups excluding carboxylic acids is 4. The van der Waals surface area contributed by atoms with E-state index in [0.717, 1.165) is 21.8 Å². The molecule has 10 heteroatoms. The number of rotatable bonds is 2. The lowest BCUT2D eigenvalue weighted by Gasteiger charge is -2.33. The molecule has 0 bridgehead atoms. The van der Waals surface area contributed by atoms with Gasteiger partial charge in [-0.1, -0.05) is 11.8 Å². The van der Waals surface area contributed by atoms with Gasteiger partial charge < -0.3 is 14.2 Å². The van der Waals surface area contributed by atoms with Gasteiger partial charge in [-0.2, -0.15) is 5.01 Å². The quantitative estimate of drug-likeness (QED) is 0.511. The lowest BCUT2D eigenvalue weighted by Crippen LogP contribution is -2.54. The molecule has 0 aromatic carbocycles. The summed E-state index contributed by atoms with van der Waals surface area (Å²) in [6.45, 7) is 11.3. The summed E-state index contributed by atoms with van der Waals surface area (Å²) in [5.41, 5.74) is -1.67. The number of hydrogen-bond acceptors (Lipinski definition) is 8. The lowest BCUT2D eigenvalue weighted by molar-refractivity contribution is -0.149. The van der Waals surface area contributed by atoms with Crippen molar-refractivity contribution in [3.8, 4) is 0 Å². The van der Waals surface area contributed by atoms with Gasteiger partial charge in [0.1, 0.15) is 11.2 Å². The SMILES string of the molecule is COC(=O)C1C(SC(C)=O)CN(C(=O)OC(C)(C)C)N1C(=O)OC(C)(C)C. The molecule has 0 aromatic heterocycles. The summed E-state index contributed by atoms with van der Waals surface area (Å²) in [6.07, 6.45) is -1.73. The fourth-order valence-electron chi connectivity index (χ4n) is 2.35. The second kappa shape index (κ2) is 8.37. The number of hydrazine groups is 1. The topological polar surface area (TPSA) is 102 Å². The first-order chi connectivity index (χ1) is 12.2. The molecule has 1 fully saturated rings. The molecule has 0 spiro atoms. The van der Waals surface area contributed by atoms with Crippen molar-refractivity contribution in [3.63, 3.8) is 0 Å². The molecule has 0 N–H and O–H groups in total. The van der Waals surface area contributed by atoms with E-state index in [1.807, 2.05) is 0 Å². The van der Waals surface area contributed by atoms with Crippen LogP contribution in [-0.4, -0.2) is 69.4 Å². The van der Waals surface area contributed by atoms with Gasteiger partial charge in [-0.3, -0.25) is 4.79 Å². The molecule has 0 aromatic rings. The highest BCUT2D eigenvalue weighted by molar-refractivity contribution is 8.14. The zero-order chi connectivity index (χ0) is 21.2. The predicted octanol–water partition coefficient (Wildman–Crippen LogP) is 2.58. The van der Waals surface area contributed by atoms with Crippen molar-refractivity contribution in [1.82, 2.24) is 10.0 Å². The molecule has 2 unspecified atom stereocenters. The largest absolute Gasteiger partial charge is 0.467 e. The molecular formula is C17H28N2O7S. The Kier molecular flexibility index (Phi) is 7.15. The number of esters is 1. The average molecular weight is 404 g/mol. The number of amides is 2. The number of hydrogen-bond donors (Lipinski definition) is 0. The van der Waals surface area contributed by atoms with Crippen LogP contribution in [-0.2, 0) is 23.8 Å². The van der Waals surface area contributed by atoms with Crippen molar-refractivity contribution in [2.24, 2.45) is 0 Å². The minimum absolute atomic E-state index is 0.0851. The molecule has 1 heterocycles. The average Bonchev–Trinajstić information content (AvgIpc) is 2.81. The van der Waals surface area contributed by atoms with E-state index in [1.165, 1.54) is 14.0 Å². The van der Waals surface area contributed by atoms with Crippen molar-refractivity contribution < 1.29 is 33.4 Å². The van der Waals surface area contributed by atoms with Gasteiger partial charge in [-0.15, -0.1) is 0 Å². The van der Waals surface area contributed by atoms with E-state index in [0.29, 0.717) is 0 Å². The number of thioether (sulfide) groups is 1. The molecule has 1 aliphatic rings. The molecule has 0 aliphatic carbocycles. The fourth-order valence-corrected chi connectivity index (χ4v) is 3.35. The summed E-state index contributed by atoms with van der Waals surface area (Å²) in [5.74, 6) is -0.759.